The predicted octanol–water partition coefficient (Wildman–Crippen LogP) is 0.995. The zero-order chi connectivity index (χ0) is 17.5. The topological polar surface area (TPSA) is 118 Å². The number of aromatic hydroxyl groups is 1. The van der Waals surface area contributed by atoms with Crippen molar-refractivity contribution in [1.82, 2.24) is 30.5 Å². The Labute approximate surface area is 143 Å². The third kappa shape index (κ3) is 4.28. The van der Waals surface area contributed by atoms with Gasteiger partial charge in [0, 0.05) is 25.5 Å². The van der Waals surface area contributed by atoms with E-state index < -0.39 is 0 Å². The lowest BCUT2D eigenvalue weighted by Gasteiger charge is -2.09. The fourth-order valence-corrected chi connectivity index (χ4v) is 2.21. The number of nitrogens with one attached hydrogen (secondary N) is 2. The number of phenolic OH excluding ortho intramolecular Hbond substituents is 1. The minimum Gasteiger partial charge on any atom is -0.507 e. The molecule has 0 saturated carbocycles. The molecule has 0 radical (unpaired) electrons. The monoisotopic (exact) mass is 339 g/mol. The summed E-state index contributed by atoms with van der Waals surface area (Å²) in [6.07, 6.45) is 5.59. The SMILES string of the molecule is O=C(NCCCNc1cccnc1)c1cc(-n2cnnn2)ccc1O. The molecule has 0 bridgehead atoms. The quantitative estimate of drug-likeness (QED) is 0.549. The average Bonchev–Trinajstić information content (AvgIpc) is 3.17. The first-order valence-corrected chi connectivity index (χ1v) is 7.72. The maximum atomic E-state index is 12.3. The van der Waals surface area contributed by atoms with Gasteiger partial charge in [-0.1, -0.05) is 0 Å². The van der Waals surface area contributed by atoms with Gasteiger partial charge < -0.3 is 15.7 Å². The molecule has 1 amide bonds. The summed E-state index contributed by atoms with van der Waals surface area (Å²) in [6.45, 7) is 1.17. The highest BCUT2D eigenvalue weighted by Crippen LogP contribution is 2.20. The summed E-state index contributed by atoms with van der Waals surface area (Å²) in [4.78, 5) is 16.3. The zero-order valence-corrected chi connectivity index (χ0v) is 13.3. The van der Waals surface area contributed by atoms with E-state index >= 15 is 0 Å². The van der Waals surface area contributed by atoms with Gasteiger partial charge in [0.05, 0.1) is 16.9 Å². The second-order valence-electron chi connectivity index (χ2n) is 5.23. The summed E-state index contributed by atoms with van der Waals surface area (Å²) in [6, 6.07) is 8.38. The summed E-state index contributed by atoms with van der Waals surface area (Å²) >= 11 is 0. The number of phenols is 1. The lowest BCUT2D eigenvalue weighted by Crippen LogP contribution is -2.26. The van der Waals surface area contributed by atoms with Crippen molar-refractivity contribution in [2.24, 2.45) is 0 Å². The molecule has 25 heavy (non-hydrogen) atoms. The lowest BCUT2D eigenvalue weighted by atomic mass is 10.1. The fraction of sp³-hybridized carbons (Fsp3) is 0.188. The van der Waals surface area contributed by atoms with Crippen molar-refractivity contribution in [3.8, 4) is 11.4 Å². The number of hydrogen-bond acceptors (Lipinski definition) is 7. The van der Waals surface area contributed by atoms with Crippen LogP contribution in [0.15, 0.2) is 49.1 Å². The van der Waals surface area contributed by atoms with Gasteiger partial charge in [-0.2, -0.15) is 0 Å². The van der Waals surface area contributed by atoms with Gasteiger partial charge in [0.1, 0.15) is 12.1 Å². The van der Waals surface area contributed by atoms with Crippen molar-refractivity contribution in [3.05, 3.63) is 54.6 Å². The Morgan fingerprint density at radius 2 is 2.16 bits per heavy atom. The Morgan fingerprint density at radius 3 is 2.92 bits per heavy atom. The molecule has 0 spiro atoms. The molecule has 0 fully saturated rings. The summed E-state index contributed by atoms with van der Waals surface area (Å²) in [5.41, 5.74) is 1.69. The number of pyridine rings is 1. The highest BCUT2D eigenvalue weighted by molar-refractivity contribution is 5.97. The van der Waals surface area contributed by atoms with E-state index in [4.69, 9.17) is 0 Å². The van der Waals surface area contributed by atoms with Crippen LogP contribution < -0.4 is 10.6 Å². The molecule has 0 atom stereocenters. The minimum atomic E-state index is -0.353. The van der Waals surface area contributed by atoms with Crippen LogP contribution in [-0.4, -0.2) is 49.3 Å². The molecule has 2 aromatic heterocycles. The number of anilines is 1. The van der Waals surface area contributed by atoms with Crippen LogP contribution in [0.5, 0.6) is 5.75 Å². The molecule has 9 heteroatoms. The number of nitrogens with zero attached hydrogens (tertiary/aromatic N) is 5. The number of carbonyl (C=O) groups excluding carboxylic acids is 1. The molecule has 128 valence electrons. The number of aromatic nitrogens is 5. The van der Waals surface area contributed by atoms with E-state index in [-0.39, 0.29) is 17.2 Å². The second kappa shape index (κ2) is 7.86. The third-order valence-corrected chi connectivity index (χ3v) is 3.47. The largest absolute Gasteiger partial charge is 0.507 e. The van der Waals surface area contributed by atoms with Crippen molar-refractivity contribution in [2.75, 3.05) is 18.4 Å². The Hall–Kier alpha value is -3.49. The van der Waals surface area contributed by atoms with E-state index in [9.17, 15) is 9.90 Å². The molecule has 0 aliphatic carbocycles. The molecule has 0 unspecified atom stereocenters. The highest BCUT2D eigenvalue weighted by Gasteiger charge is 2.12. The predicted molar refractivity (Wildman–Crippen MR) is 90.5 cm³/mol. The van der Waals surface area contributed by atoms with Crippen LogP contribution in [0.3, 0.4) is 0 Å². The molecule has 0 aliphatic heterocycles. The lowest BCUT2D eigenvalue weighted by molar-refractivity contribution is 0.0951. The van der Waals surface area contributed by atoms with Crippen molar-refractivity contribution in [3.63, 3.8) is 0 Å². The van der Waals surface area contributed by atoms with E-state index in [1.165, 1.54) is 23.1 Å². The smallest absolute Gasteiger partial charge is 0.255 e. The van der Waals surface area contributed by atoms with Gasteiger partial charge in [0.2, 0.25) is 0 Å². The Kier molecular flexibility index (Phi) is 5.15. The van der Waals surface area contributed by atoms with Gasteiger partial charge in [0.25, 0.3) is 5.91 Å². The Bertz CT molecular complexity index is 822. The van der Waals surface area contributed by atoms with Crippen LogP contribution in [0.25, 0.3) is 5.69 Å². The van der Waals surface area contributed by atoms with Crippen LogP contribution in [0.2, 0.25) is 0 Å². The standard InChI is InChI=1S/C16H17N7O2/c24-15-5-4-13(23-11-20-21-22-23)9-14(15)16(25)19-8-2-7-18-12-3-1-6-17-10-12/h1,3-6,9-11,18,24H,2,7-8H2,(H,19,25). The van der Waals surface area contributed by atoms with E-state index in [2.05, 4.69) is 31.1 Å². The van der Waals surface area contributed by atoms with Gasteiger partial charge in [-0.3, -0.25) is 9.78 Å². The number of tetrazole rings is 1. The van der Waals surface area contributed by atoms with Gasteiger partial charge in [0.15, 0.2) is 0 Å². The van der Waals surface area contributed by atoms with Gasteiger partial charge in [-0.05, 0) is 47.2 Å². The van der Waals surface area contributed by atoms with Crippen LogP contribution >= 0.6 is 0 Å². The molecular weight excluding hydrogens is 322 g/mol. The summed E-state index contributed by atoms with van der Waals surface area (Å²) < 4.78 is 1.41. The summed E-state index contributed by atoms with van der Waals surface area (Å²) in [5, 5.41) is 26.8. The molecule has 3 N–H and O–H groups in total. The van der Waals surface area contributed by atoms with Gasteiger partial charge in [-0.25, -0.2) is 4.68 Å². The first-order valence-electron chi connectivity index (χ1n) is 7.72. The van der Waals surface area contributed by atoms with E-state index in [0.717, 1.165) is 12.1 Å². The van der Waals surface area contributed by atoms with Gasteiger partial charge in [-0.15, -0.1) is 5.10 Å². The van der Waals surface area contributed by atoms with Crippen molar-refractivity contribution in [1.29, 1.82) is 0 Å². The first kappa shape index (κ1) is 16.4. The molecule has 0 saturated heterocycles. The van der Waals surface area contributed by atoms with Crippen molar-refractivity contribution >= 4 is 11.6 Å². The summed E-state index contributed by atoms with van der Waals surface area (Å²) in [7, 11) is 0. The van der Waals surface area contributed by atoms with Crippen molar-refractivity contribution in [2.45, 2.75) is 6.42 Å². The maximum Gasteiger partial charge on any atom is 0.255 e. The van der Waals surface area contributed by atoms with Crippen LogP contribution in [0.1, 0.15) is 16.8 Å². The molecular formula is C16H17N7O2. The van der Waals surface area contributed by atoms with Gasteiger partial charge >= 0.3 is 0 Å². The number of benzene rings is 1. The third-order valence-electron chi connectivity index (χ3n) is 3.47. The molecule has 2 heterocycles. The average molecular weight is 339 g/mol. The molecule has 3 aromatic rings. The van der Waals surface area contributed by atoms with E-state index in [0.29, 0.717) is 18.8 Å². The van der Waals surface area contributed by atoms with Crippen LogP contribution in [0.4, 0.5) is 5.69 Å². The van der Waals surface area contributed by atoms with E-state index in [1.54, 1.807) is 18.5 Å². The first-order chi connectivity index (χ1) is 12.2. The Balaban J connectivity index is 1.52. The van der Waals surface area contributed by atoms with Crippen LogP contribution in [-0.2, 0) is 0 Å². The molecule has 1 aromatic carbocycles. The number of hydrogen-bond donors (Lipinski definition) is 3. The highest BCUT2D eigenvalue weighted by atomic mass is 16.3. The number of amides is 1. The molecule has 9 nitrogen and oxygen atoms in total. The maximum absolute atomic E-state index is 12.3. The summed E-state index contributed by atoms with van der Waals surface area (Å²) in [5.74, 6) is -0.448. The molecule has 3 rings (SSSR count). The minimum absolute atomic E-state index is 0.0946. The molecule has 0 aliphatic rings. The fourth-order valence-electron chi connectivity index (χ4n) is 2.21. The van der Waals surface area contributed by atoms with Crippen LogP contribution in [0, 0.1) is 0 Å². The Morgan fingerprint density at radius 1 is 1.24 bits per heavy atom. The number of carbonyl (C=O) groups is 1. The normalized spacial score (nSPS) is 10.4. The second-order valence-corrected chi connectivity index (χ2v) is 5.23. The van der Waals surface area contributed by atoms with E-state index in [1.807, 2.05) is 12.1 Å². The number of rotatable bonds is 7. The zero-order valence-electron chi connectivity index (χ0n) is 13.3. The van der Waals surface area contributed by atoms with Crippen molar-refractivity contribution < 1.29 is 9.90 Å².